The zero-order chi connectivity index (χ0) is 13.8. The number of nitrogens with zero attached hydrogens (tertiary/aromatic N) is 2. The molecule has 0 bridgehead atoms. The Bertz CT molecular complexity index is 661. The Morgan fingerprint density at radius 2 is 2.16 bits per heavy atom. The molecular formula is C13H9FN4O. The third-order valence-electron chi connectivity index (χ3n) is 2.37. The first-order valence-corrected chi connectivity index (χ1v) is 5.32. The molecule has 2 rings (SSSR count). The predicted molar refractivity (Wildman–Crippen MR) is 67.7 cm³/mol. The Hall–Kier alpha value is -2.94. The average Bonchev–Trinajstić information content (AvgIpc) is 2.41. The minimum absolute atomic E-state index is 0.0575. The lowest BCUT2D eigenvalue weighted by atomic mass is 10.1. The van der Waals surface area contributed by atoms with Gasteiger partial charge in [0.1, 0.15) is 17.6 Å². The lowest BCUT2D eigenvalue weighted by Gasteiger charge is -2.07. The fourth-order valence-corrected chi connectivity index (χ4v) is 1.46. The Kier molecular flexibility index (Phi) is 3.39. The van der Waals surface area contributed by atoms with Crippen LogP contribution in [0.15, 0.2) is 36.5 Å². The van der Waals surface area contributed by atoms with Crippen molar-refractivity contribution in [1.82, 2.24) is 4.98 Å². The SMILES string of the molecule is N#Cc1cc(N)ccc1NC(=O)c1ccc(F)cn1. The molecule has 19 heavy (non-hydrogen) atoms. The molecule has 2 aromatic rings. The molecule has 1 heterocycles. The van der Waals surface area contributed by atoms with E-state index in [9.17, 15) is 9.18 Å². The summed E-state index contributed by atoms with van der Waals surface area (Å²) in [5.41, 5.74) is 6.60. The van der Waals surface area contributed by atoms with E-state index in [2.05, 4.69) is 10.3 Å². The summed E-state index contributed by atoms with van der Waals surface area (Å²) in [6, 6.07) is 8.86. The monoisotopic (exact) mass is 256 g/mol. The molecule has 5 nitrogen and oxygen atoms in total. The molecular weight excluding hydrogens is 247 g/mol. The van der Waals surface area contributed by atoms with E-state index in [4.69, 9.17) is 11.0 Å². The highest BCUT2D eigenvalue weighted by atomic mass is 19.1. The number of hydrogen-bond acceptors (Lipinski definition) is 4. The van der Waals surface area contributed by atoms with Crippen molar-refractivity contribution in [3.05, 3.63) is 53.6 Å². The zero-order valence-corrected chi connectivity index (χ0v) is 9.72. The third-order valence-corrected chi connectivity index (χ3v) is 2.37. The van der Waals surface area contributed by atoms with E-state index >= 15 is 0 Å². The zero-order valence-electron chi connectivity index (χ0n) is 9.72. The maximum Gasteiger partial charge on any atom is 0.274 e. The smallest absolute Gasteiger partial charge is 0.274 e. The van der Waals surface area contributed by atoms with Gasteiger partial charge in [0.05, 0.1) is 17.4 Å². The van der Waals surface area contributed by atoms with Crippen LogP contribution in [0.1, 0.15) is 16.1 Å². The molecule has 0 unspecified atom stereocenters. The minimum Gasteiger partial charge on any atom is -0.399 e. The average molecular weight is 256 g/mol. The lowest BCUT2D eigenvalue weighted by molar-refractivity contribution is 0.102. The highest BCUT2D eigenvalue weighted by Gasteiger charge is 2.10. The maximum atomic E-state index is 12.7. The van der Waals surface area contributed by atoms with Gasteiger partial charge < -0.3 is 11.1 Å². The second kappa shape index (κ2) is 5.14. The van der Waals surface area contributed by atoms with Gasteiger partial charge in [-0.05, 0) is 30.3 Å². The molecule has 1 amide bonds. The first-order valence-electron chi connectivity index (χ1n) is 5.32. The summed E-state index contributed by atoms with van der Waals surface area (Å²) in [6.45, 7) is 0. The summed E-state index contributed by atoms with van der Waals surface area (Å²) in [4.78, 5) is 15.5. The first kappa shape index (κ1) is 12.5. The molecule has 0 radical (unpaired) electrons. The number of nitrogen functional groups attached to an aromatic ring is 1. The van der Waals surface area contributed by atoms with Crippen molar-refractivity contribution < 1.29 is 9.18 Å². The molecule has 1 aromatic heterocycles. The number of anilines is 2. The van der Waals surface area contributed by atoms with Crippen molar-refractivity contribution in [2.45, 2.75) is 0 Å². The predicted octanol–water partition coefficient (Wildman–Crippen LogP) is 1.93. The van der Waals surface area contributed by atoms with Gasteiger partial charge in [0.25, 0.3) is 5.91 Å². The normalized spacial score (nSPS) is 9.68. The van der Waals surface area contributed by atoms with Crippen LogP contribution in [0.2, 0.25) is 0 Å². The fraction of sp³-hybridized carbons (Fsp3) is 0. The molecule has 0 aliphatic rings. The number of carbonyl (C=O) groups excluding carboxylic acids is 1. The summed E-state index contributed by atoms with van der Waals surface area (Å²) in [5, 5.41) is 11.5. The fourth-order valence-electron chi connectivity index (χ4n) is 1.46. The van der Waals surface area contributed by atoms with Crippen molar-refractivity contribution in [3.63, 3.8) is 0 Å². The number of benzene rings is 1. The molecule has 0 aliphatic heterocycles. The highest BCUT2D eigenvalue weighted by molar-refractivity contribution is 6.03. The van der Waals surface area contributed by atoms with Crippen LogP contribution in [0.25, 0.3) is 0 Å². The quantitative estimate of drug-likeness (QED) is 0.803. The Morgan fingerprint density at radius 1 is 1.37 bits per heavy atom. The molecule has 0 saturated heterocycles. The number of hydrogen-bond donors (Lipinski definition) is 2. The third kappa shape index (κ3) is 2.84. The number of halogens is 1. The van der Waals surface area contributed by atoms with E-state index in [-0.39, 0.29) is 11.3 Å². The van der Waals surface area contributed by atoms with Gasteiger partial charge >= 0.3 is 0 Å². The van der Waals surface area contributed by atoms with Crippen LogP contribution in [0, 0.1) is 17.1 Å². The van der Waals surface area contributed by atoms with Gasteiger partial charge in [-0.25, -0.2) is 9.37 Å². The van der Waals surface area contributed by atoms with E-state index < -0.39 is 11.7 Å². The Morgan fingerprint density at radius 3 is 2.79 bits per heavy atom. The van der Waals surface area contributed by atoms with Gasteiger partial charge in [-0.1, -0.05) is 0 Å². The summed E-state index contributed by atoms with van der Waals surface area (Å²) < 4.78 is 12.7. The van der Waals surface area contributed by atoms with Crippen LogP contribution in [-0.4, -0.2) is 10.9 Å². The van der Waals surface area contributed by atoms with Crippen molar-refractivity contribution in [2.24, 2.45) is 0 Å². The summed E-state index contributed by atoms with van der Waals surface area (Å²) >= 11 is 0. The lowest BCUT2D eigenvalue weighted by Crippen LogP contribution is -2.14. The van der Waals surface area contributed by atoms with Crippen molar-refractivity contribution in [3.8, 4) is 6.07 Å². The van der Waals surface area contributed by atoms with Crippen molar-refractivity contribution >= 4 is 17.3 Å². The van der Waals surface area contributed by atoms with Crippen molar-refractivity contribution in [1.29, 1.82) is 5.26 Å². The van der Waals surface area contributed by atoms with Crippen LogP contribution >= 0.6 is 0 Å². The molecule has 0 saturated carbocycles. The van der Waals surface area contributed by atoms with Gasteiger partial charge in [0, 0.05) is 5.69 Å². The van der Waals surface area contributed by atoms with E-state index in [0.717, 1.165) is 12.3 Å². The number of rotatable bonds is 2. The Balaban J connectivity index is 2.24. The number of nitriles is 1. The number of amides is 1. The molecule has 94 valence electrons. The molecule has 3 N–H and O–H groups in total. The minimum atomic E-state index is -0.527. The second-order valence-corrected chi connectivity index (χ2v) is 3.73. The van der Waals surface area contributed by atoms with Crippen LogP contribution < -0.4 is 11.1 Å². The number of pyridine rings is 1. The van der Waals surface area contributed by atoms with Gasteiger partial charge in [-0.3, -0.25) is 4.79 Å². The van der Waals surface area contributed by atoms with Crippen LogP contribution in [0.5, 0.6) is 0 Å². The largest absolute Gasteiger partial charge is 0.399 e. The maximum absolute atomic E-state index is 12.7. The summed E-state index contributed by atoms with van der Waals surface area (Å²) in [5.74, 6) is -1.05. The second-order valence-electron chi connectivity index (χ2n) is 3.73. The first-order chi connectivity index (χ1) is 9.10. The standard InChI is InChI=1S/C13H9FN4O/c14-9-1-3-12(17-7-9)13(19)18-11-4-2-10(16)5-8(11)6-15/h1-5,7H,16H2,(H,18,19). The number of nitrogens with one attached hydrogen (secondary N) is 1. The summed E-state index contributed by atoms with van der Waals surface area (Å²) in [7, 11) is 0. The number of aromatic nitrogens is 1. The molecule has 0 fully saturated rings. The van der Waals surface area contributed by atoms with Gasteiger partial charge in [0.2, 0.25) is 0 Å². The van der Waals surface area contributed by atoms with E-state index in [1.807, 2.05) is 6.07 Å². The molecule has 6 heteroatoms. The van der Waals surface area contributed by atoms with Gasteiger partial charge in [-0.15, -0.1) is 0 Å². The van der Waals surface area contributed by atoms with Crippen molar-refractivity contribution in [2.75, 3.05) is 11.1 Å². The topological polar surface area (TPSA) is 91.8 Å². The molecule has 0 aliphatic carbocycles. The molecule has 1 aromatic carbocycles. The van der Waals surface area contributed by atoms with Crippen LogP contribution in [0.3, 0.4) is 0 Å². The van der Waals surface area contributed by atoms with Gasteiger partial charge in [-0.2, -0.15) is 5.26 Å². The van der Waals surface area contributed by atoms with E-state index in [1.54, 1.807) is 6.07 Å². The van der Waals surface area contributed by atoms with Gasteiger partial charge in [0.15, 0.2) is 0 Å². The number of carbonyl (C=O) groups is 1. The van der Waals surface area contributed by atoms with E-state index in [1.165, 1.54) is 18.2 Å². The molecule has 0 spiro atoms. The summed E-state index contributed by atoms with van der Waals surface area (Å²) in [6.07, 6.45) is 0.948. The highest BCUT2D eigenvalue weighted by Crippen LogP contribution is 2.18. The van der Waals surface area contributed by atoms with Crippen LogP contribution in [-0.2, 0) is 0 Å². The van der Waals surface area contributed by atoms with E-state index in [0.29, 0.717) is 11.4 Å². The Labute approximate surface area is 108 Å². The number of nitrogens with two attached hydrogens (primary N) is 1. The van der Waals surface area contributed by atoms with Crippen LogP contribution in [0.4, 0.5) is 15.8 Å². The molecule has 0 atom stereocenters.